The van der Waals surface area contributed by atoms with Crippen LogP contribution in [0.25, 0.3) is 11.3 Å². The maximum absolute atomic E-state index is 4.92. The summed E-state index contributed by atoms with van der Waals surface area (Å²) in [5.41, 5.74) is 6.02. The van der Waals surface area contributed by atoms with E-state index in [0.29, 0.717) is 6.04 Å². The Balaban J connectivity index is 1.60. The fraction of sp³-hybridized carbons (Fsp3) is 0.150. The summed E-state index contributed by atoms with van der Waals surface area (Å²) in [6.45, 7) is 0. The van der Waals surface area contributed by atoms with Gasteiger partial charge in [0.2, 0.25) is 0 Å². The number of aromatic amines is 1. The molecule has 2 nitrogen and oxygen atoms in total. The molecule has 1 atom stereocenters. The first-order valence-corrected chi connectivity index (χ1v) is 7.76. The number of rotatable bonds is 3. The molecule has 0 amide bonds. The minimum Gasteiger partial charge on any atom is -0.354 e. The highest BCUT2D eigenvalue weighted by Crippen LogP contribution is 2.31. The lowest BCUT2D eigenvalue weighted by Crippen LogP contribution is -1.95. The number of nitrogens with zero attached hydrogens (tertiary/aromatic N) is 1. The monoisotopic (exact) mass is 286 g/mol. The van der Waals surface area contributed by atoms with Crippen molar-refractivity contribution in [2.45, 2.75) is 18.9 Å². The molecule has 0 unspecified atom stereocenters. The second-order valence-corrected chi connectivity index (χ2v) is 5.69. The van der Waals surface area contributed by atoms with E-state index in [2.05, 4.69) is 71.7 Å². The summed E-state index contributed by atoms with van der Waals surface area (Å²) >= 11 is 0. The van der Waals surface area contributed by atoms with Gasteiger partial charge in [0, 0.05) is 5.69 Å². The number of aliphatic imine (C=N–C) groups is 1. The van der Waals surface area contributed by atoms with Crippen LogP contribution in [0.4, 0.5) is 0 Å². The van der Waals surface area contributed by atoms with E-state index in [0.717, 1.165) is 24.2 Å². The number of hydrogen-bond donors (Lipinski definition) is 1. The topological polar surface area (TPSA) is 28.1 Å². The first-order valence-electron chi connectivity index (χ1n) is 7.76. The zero-order chi connectivity index (χ0) is 14.8. The van der Waals surface area contributed by atoms with Gasteiger partial charge in [0.05, 0.1) is 17.4 Å². The molecule has 0 fully saturated rings. The number of hydrogen-bond acceptors (Lipinski definition) is 1. The SMILES string of the molecule is c1ccc(-c2ccc(C3=N[C@H](c4ccccc4)CC3)[nH]2)cc1. The molecule has 22 heavy (non-hydrogen) atoms. The number of H-pyrrole nitrogens is 1. The molecule has 0 bridgehead atoms. The molecular formula is C20H18N2. The van der Waals surface area contributed by atoms with Crippen molar-refractivity contribution in [1.29, 1.82) is 0 Å². The Hall–Kier alpha value is -2.61. The summed E-state index contributed by atoms with van der Waals surface area (Å²) in [5.74, 6) is 0. The Bertz CT molecular complexity index is 785. The predicted molar refractivity (Wildman–Crippen MR) is 91.2 cm³/mol. The predicted octanol–water partition coefficient (Wildman–Crippen LogP) is 5.01. The van der Waals surface area contributed by atoms with Crippen LogP contribution >= 0.6 is 0 Å². The average Bonchev–Trinajstić information content (AvgIpc) is 3.26. The highest BCUT2D eigenvalue weighted by Gasteiger charge is 2.20. The normalized spacial score (nSPS) is 17.5. The van der Waals surface area contributed by atoms with Crippen LogP contribution in [0.3, 0.4) is 0 Å². The zero-order valence-corrected chi connectivity index (χ0v) is 12.4. The van der Waals surface area contributed by atoms with Gasteiger partial charge in [-0.05, 0) is 36.1 Å². The molecule has 1 N–H and O–H groups in total. The van der Waals surface area contributed by atoms with Crippen LogP contribution in [-0.4, -0.2) is 10.7 Å². The van der Waals surface area contributed by atoms with Gasteiger partial charge < -0.3 is 4.98 Å². The molecule has 1 aliphatic rings. The Labute approximate surface area is 130 Å². The molecule has 108 valence electrons. The molecule has 0 radical (unpaired) electrons. The van der Waals surface area contributed by atoms with Crippen molar-refractivity contribution < 1.29 is 0 Å². The number of nitrogens with one attached hydrogen (secondary N) is 1. The molecule has 2 heterocycles. The zero-order valence-electron chi connectivity index (χ0n) is 12.4. The van der Waals surface area contributed by atoms with E-state index in [1.807, 2.05) is 6.07 Å². The van der Waals surface area contributed by atoms with Gasteiger partial charge in [-0.25, -0.2) is 0 Å². The van der Waals surface area contributed by atoms with Crippen molar-refractivity contribution in [1.82, 2.24) is 4.98 Å². The third kappa shape index (κ3) is 2.48. The molecule has 4 rings (SSSR count). The summed E-state index contributed by atoms with van der Waals surface area (Å²) in [5, 5.41) is 0. The highest BCUT2D eigenvalue weighted by molar-refractivity contribution is 6.01. The van der Waals surface area contributed by atoms with Crippen molar-refractivity contribution in [2.75, 3.05) is 0 Å². The Morgan fingerprint density at radius 1 is 0.773 bits per heavy atom. The standard InChI is InChI=1S/C20H18N2/c1-3-7-15(8-4-1)17-11-13-19(21-17)20-14-12-18(22-20)16-9-5-2-6-10-16/h1-11,13,18,21H,12,14H2/t18-/m0/s1. The Morgan fingerprint density at radius 2 is 1.45 bits per heavy atom. The molecule has 0 saturated carbocycles. The average molecular weight is 286 g/mol. The van der Waals surface area contributed by atoms with Gasteiger partial charge in [-0.15, -0.1) is 0 Å². The van der Waals surface area contributed by atoms with Gasteiger partial charge in [-0.3, -0.25) is 4.99 Å². The van der Waals surface area contributed by atoms with E-state index in [-0.39, 0.29) is 0 Å². The van der Waals surface area contributed by atoms with E-state index >= 15 is 0 Å². The molecule has 2 heteroatoms. The van der Waals surface area contributed by atoms with Crippen molar-refractivity contribution >= 4 is 5.71 Å². The second-order valence-electron chi connectivity index (χ2n) is 5.69. The molecule has 2 aromatic carbocycles. The fourth-order valence-electron chi connectivity index (χ4n) is 3.06. The Kier molecular flexibility index (Phi) is 3.36. The summed E-state index contributed by atoms with van der Waals surface area (Å²) in [4.78, 5) is 8.43. The minimum absolute atomic E-state index is 0.305. The molecule has 1 aliphatic heterocycles. The number of benzene rings is 2. The Morgan fingerprint density at radius 3 is 2.23 bits per heavy atom. The van der Waals surface area contributed by atoms with Crippen molar-refractivity contribution in [3.05, 3.63) is 84.1 Å². The van der Waals surface area contributed by atoms with Gasteiger partial charge in [0.15, 0.2) is 0 Å². The largest absolute Gasteiger partial charge is 0.354 e. The number of aromatic nitrogens is 1. The summed E-state index contributed by atoms with van der Waals surface area (Å²) in [6.07, 6.45) is 2.13. The maximum Gasteiger partial charge on any atom is 0.0756 e. The van der Waals surface area contributed by atoms with Gasteiger partial charge in [-0.2, -0.15) is 0 Å². The van der Waals surface area contributed by atoms with Crippen LogP contribution in [0, 0.1) is 0 Å². The van der Waals surface area contributed by atoms with E-state index in [4.69, 9.17) is 4.99 Å². The van der Waals surface area contributed by atoms with Gasteiger partial charge in [-0.1, -0.05) is 60.7 Å². The second kappa shape index (κ2) is 5.64. The van der Waals surface area contributed by atoms with Crippen LogP contribution < -0.4 is 0 Å². The van der Waals surface area contributed by atoms with E-state index < -0.39 is 0 Å². The first-order chi connectivity index (χ1) is 10.9. The summed E-state index contributed by atoms with van der Waals surface area (Å²) in [7, 11) is 0. The molecular weight excluding hydrogens is 268 g/mol. The molecule has 0 spiro atoms. The van der Waals surface area contributed by atoms with Gasteiger partial charge in [0.1, 0.15) is 0 Å². The lowest BCUT2D eigenvalue weighted by Gasteiger charge is -2.05. The van der Waals surface area contributed by atoms with Gasteiger partial charge in [0.25, 0.3) is 0 Å². The van der Waals surface area contributed by atoms with Crippen molar-refractivity contribution in [3.8, 4) is 11.3 Å². The van der Waals surface area contributed by atoms with Crippen LogP contribution in [-0.2, 0) is 0 Å². The third-order valence-electron chi connectivity index (χ3n) is 4.23. The van der Waals surface area contributed by atoms with E-state index in [1.165, 1.54) is 16.8 Å². The quantitative estimate of drug-likeness (QED) is 0.701. The van der Waals surface area contributed by atoms with Crippen LogP contribution in [0.2, 0.25) is 0 Å². The highest BCUT2D eigenvalue weighted by atomic mass is 14.9. The van der Waals surface area contributed by atoms with Crippen molar-refractivity contribution in [2.24, 2.45) is 4.99 Å². The fourth-order valence-corrected chi connectivity index (χ4v) is 3.06. The smallest absolute Gasteiger partial charge is 0.0756 e. The minimum atomic E-state index is 0.305. The van der Waals surface area contributed by atoms with Crippen LogP contribution in [0.5, 0.6) is 0 Å². The third-order valence-corrected chi connectivity index (χ3v) is 4.23. The first kappa shape index (κ1) is 13.1. The lowest BCUT2D eigenvalue weighted by atomic mass is 10.0. The molecule has 3 aromatic rings. The molecule has 1 aromatic heterocycles. The van der Waals surface area contributed by atoms with Crippen LogP contribution in [0.15, 0.2) is 77.8 Å². The molecule has 0 saturated heterocycles. The molecule has 0 aliphatic carbocycles. The summed E-state index contributed by atoms with van der Waals surface area (Å²) in [6, 6.07) is 25.6. The van der Waals surface area contributed by atoms with E-state index in [1.54, 1.807) is 0 Å². The van der Waals surface area contributed by atoms with E-state index in [9.17, 15) is 0 Å². The lowest BCUT2D eigenvalue weighted by molar-refractivity contribution is 0.723. The van der Waals surface area contributed by atoms with Gasteiger partial charge >= 0.3 is 0 Å². The summed E-state index contributed by atoms with van der Waals surface area (Å²) < 4.78 is 0. The maximum atomic E-state index is 4.92. The van der Waals surface area contributed by atoms with Crippen molar-refractivity contribution in [3.63, 3.8) is 0 Å². The van der Waals surface area contributed by atoms with Crippen LogP contribution in [0.1, 0.15) is 30.1 Å².